The van der Waals surface area contributed by atoms with Gasteiger partial charge in [-0.2, -0.15) is 0 Å². The van der Waals surface area contributed by atoms with Gasteiger partial charge in [0.25, 0.3) is 0 Å². The molecule has 0 radical (unpaired) electrons. The minimum Gasteiger partial charge on any atom is -0.461 e. The van der Waals surface area contributed by atoms with Crippen LogP contribution >= 0.6 is 11.3 Å². The Balaban J connectivity index is 1.90. The lowest BCUT2D eigenvalue weighted by Crippen LogP contribution is -2.09. The maximum atomic E-state index is 11.5. The highest BCUT2D eigenvalue weighted by Crippen LogP contribution is 2.68. The van der Waals surface area contributed by atoms with E-state index in [4.69, 9.17) is 4.74 Å². The third-order valence-electron chi connectivity index (χ3n) is 4.77. The summed E-state index contributed by atoms with van der Waals surface area (Å²) in [4.78, 5) is 15.8. The Morgan fingerprint density at radius 1 is 1.42 bits per heavy atom. The summed E-state index contributed by atoms with van der Waals surface area (Å²) in [5.74, 6) is 0.286. The lowest BCUT2D eigenvalue weighted by atomic mass is 10.0. The number of nitrogens with one attached hydrogen (secondary N) is 1. The van der Waals surface area contributed by atoms with E-state index in [1.54, 1.807) is 12.3 Å². The van der Waals surface area contributed by atoms with E-state index >= 15 is 0 Å². The molecule has 1 aliphatic carbocycles. The van der Waals surface area contributed by atoms with Crippen LogP contribution in [0.4, 0.5) is 5.13 Å². The number of carbonyl (C=O) groups excluding carboxylic acids is 1. The average molecular weight is 282 g/mol. The van der Waals surface area contributed by atoms with Gasteiger partial charge in [-0.1, -0.05) is 27.7 Å². The summed E-state index contributed by atoms with van der Waals surface area (Å²) in [6, 6.07) is 0. The Morgan fingerprint density at radius 2 is 2.05 bits per heavy atom. The minimum atomic E-state index is -0.348. The molecule has 1 heterocycles. The van der Waals surface area contributed by atoms with Crippen molar-refractivity contribution >= 4 is 22.4 Å². The average Bonchev–Trinajstić information content (AvgIpc) is 2.72. The smallest absolute Gasteiger partial charge is 0.357 e. The molecule has 1 aromatic rings. The van der Waals surface area contributed by atoms with E-state index in [0.29, 0.717) is 29.0 Å². The van der Waals surface area contributed by atoms with E-state index in [1.165, 1.54) is 11.3 Å². The number of rotatable bonds is 5. The third-order valence-corrected chi connectivity index (χ3v) is 5.57. The Hall–Kier alpha value is -1.10. The fraction of sp³-hybridized carbons (Fsp3) is 0.714. The summed E-state index contributed by atoms with van der Waals surface area (Å²) in [6.07, 6.45) is 0. The monoisotopic (exact) mass is 282 g/mol. The molecule has 0 bridgehead atoms. The normalized spacial score (nSPS) is 20.1. The van der Waals surface area contributed by atoms with Crippen LogP contribution in [-0.2, 0) is 4.74 Å². The molecule has 0 aromatic carbocycles. The Kier molecular flexibility index (Phi) is 3.60. The van der Waals surface area contributed by atoms with Crippen molar-refractivity contribution < 1.29 is 9.53 Å². The SMILES string of the molecule is CCOC(=O)c1csc(NCC2C(C)(C)C2(C)C)n1. The number of carbonyl (C=O) groups is 1. The van der Waals surface area contributed by atoms with Crippen LogP contribution in [0, 0.1) is 16.7 Å². The van der Waals surface area contributed by atoms with Crippen molar-refractivity contribution in [2.24, 2.45) is 16.7 Å². The fourth-order valence-corrected chi connectivity index (χ4v) is 3.38. The first-order valence-corrected chi connectivity index (χ1v) is 7.55. The quantitative estimate of drug-likeness (QED) is 0.841. The first-order chi connectivity index (χ1) is 8.80. The van der Waals surface area contributed by atoms with Crippen molar-refractivity contribution in [1.82, 2.24) is 4.98 Å². The van der Waals surface area contributed by atoms with E-state index in [0.717, 1.165) is 11.7 Å². The molecule has 1 fully saturated rings. The molecule has 0 saturated heterocycles. The number of anilines is 1. The molecule has 0 aliphatic heterocycles. The number of nitrogens with zero attached hydrogens (tertiary/aromatic N) is 1. The summed E-state index contributed by atoms with van der Waals surface area (Å²) >= 11 is 1.45. The number of hydrogen-bond acceptors (Lipinski definition) is 5. The predicted molar refractivity (Wildman–Crippen MR) is 77.6 cm³/mol. The van der Waals surface area contributed by atoms with Gasteiger partial charge in [-0.25, -0.2) is 9.78 Å². The van der Waals surface area contributed by atoms with Crippen LogP contribution in [0.1, 0.15) is 45.1 Å². The number of esters is 1. The van der Waals surface area contributed by atoms with Crippen molar-refractivity contribution in [1.29, 1.82) is 0 Å². The van der Waals surface area contributed by atoms with Gasteiger partial charge in [-0.05, 0) is 23.7 Å². The Labute approximate surface area is 118 Å². The molecule has 1 N–H and O–H groups in total. The summed E-state index contributed by atoms with van der Waals surface area (Å²) in [5, 5.41) is 5.87. The van der Waals surface area contributed by atoms with Gasteiger partial charge >= 0.3 is 5.97 Å². The molecule has 0 unspecified atom stereocenters. The molecule has 0 spiro atoms. The van der Waals surface area contributed by atoms with Crippen molar-refractivity contribution in [3.63, 3.8) is 0 Å². The molecule has 2 rings (SSSR count). The molecule has 0 amide bonds. The number of aromatic nitrogens is 1. The minimum absolute atomic E-state index is 0.348. The van der Waals surface area contributed by atoms with E-state index in [9.17, 15) is 4.79 Å². The highest BCUT2D eigenvalue weighted by Gasteiger charge is 2.64. The van der Waals surface area contributed by atoms with Gasteiger partial charge in [0.1, 0.15) is 0 Å². The molecule has 106 valence electrons. The van der Waals surface area contributed by atoms with Gasteiger partial charge in [-0.15, -0.1) is 11.3 Å². The maximum Gasteiger partial charge on any atom is 0.357 e. The lowest BCUT2D eigenvalue weighted by Gasteiger charge is -2.04. The van der Waals surface area contributed by atoms with Crippen LogP contribution in [0.2, 0.25) is 0 Å². The summed E-state index contributed by atoms with van der Waals surface area (Å²) in [7, 11) is 0. The highest BCUT2D eigenvalue weighted by molar-refractivity contribution is 7.13. The summed E-state index contributed by atoms with van der Waals surface area (Å²) < 4.78 is 4.92. The molecule has 1 saturated carbocycles. The van der Waals surface area contributed by atoms with E-state index in [-0.39, 0.29) is 5.97 Å². The zero-order chi connectivity index (χ0) is 14.3. The molecular weight excluding hydrogens is 260 g/mol. The number of ether oxygens (including phenoxy) is 1. The van der Waals surface area contributed by atoms with Crippen LogP contribution in [-0.4, -0.2) is 24.1 Å². The van der Waals surface area contributed by atoms with Gasteiger partial charge in [0.2, 0.25) is 0 Å². The third kappa shape index (κ3) is 2.48. The lowest BCUT2D eigenvalue weighted by molar-refractivity contribution is 0.0520. The second kappa shape index (κ2) is 4.78. The Morgan fingerprint density at radius 3 is 2.58 bits per heavy atom. The molecule has 5 heteroatoms. The van der Waals surface area contributed by atoms with Gasteiger partial charge in [0.15, 0.2) is 10.8 Å². The van der Waals surface area contributed by atoms with Crippen LogP contribution in [0.5, 0.6) is 0 Å². The van der Waals surface area contributed by atoms with Gasteiger partial charge < -0.3 is 10.1 Å². The molecule has 1 aliphatic rings. The van der Waals surface area contributed by atoms with Crippen molar-refractivity contribution in [2.75, 3.05) is 18.5 Å². The zero-order valence-electron chi connectivity index (χ0n) is 12.2. The summed E-state index contributed by atoms with van der Waals surface area (Å²) in [5.41, 5.74) is 1.12. The first kappa shape index (κ1) is 14.3. The number of hydrogen-bond donors (Lipinski definition) is 1. The van der Waals surface area contributed by atoms with Crippen molar-refractivity contribution in [3.05, 3.63) is 11.1 Å². The number of thiazole rings is 1. The second-order valence-corrected chi connectivity index (χ2v) is 6.99. The van der Waals surface area contributed by atoms with Gasteiger partial charge in [0, 0.05) is 11.9 Å². The molecule has 4 nitrogen and oxygen atoms in total. The molecular formula is C14H22N2O2S. The predicted octanol–water partition coefficient (Wildman–Crippen LogP) is 3.41. The standard InChI is InChI=1S/C14H22N2O2S/c1-6-18-11(17)9-8-19-12(16-9)15-7-10-13(2,3)14(10,4)5/h8,10H,6-7H2,1-5H3,(H,15,16). The van der Waals surface area contributed by atoms with Crippen LogP contribution < -0.4 is 5.32 Å². The second-order valence-electron chi connectivity index (χ2n) is 6.14. The topological polar surface area (TPSA) is 51.2 Å². The fourth-order valence-electron chi connectivity index (χ4n) is 2.69. The maximum absolute atomic E-state index is 11.5. The molecule has 19 heavy (non-hydrogen) atoms. The van der Waals surface area contributed by atoms with Gasteiger partial charge in [-0.3, -0.25) is 0 Å². The van der Waals surface area contributed by atoms with Gasteiger partial charge in [0.05, 0.1) is 6.61 Å². The largest absolute Gasteiger partial charge is 0.461 e. The van der Waals surface area contributed by atoms with Crippen molar-refractivity contribution in [2.45, 2.75) is 34.6 Å². The van der Waals surface area contributed by atoms with E-state index in [1.807, 2.05) is 0 Å². The Bertz CT molecular complexity index is 466. The van der Waals surface area contributed by atoms with Crippen LogP contribution in [0.15, 0.2) is 5.38 Å². The van der Waals surface area contributed by atoms with E-state index < -0.39 is 0 Å². The zero-order valence-corrected chi connectivity index (χ0v) is 13.1. The summed E-state index contributed by atoms with van der Waals surface area (Å²) in [6.45, 7) is 12.3. The molecule has 1 aromatic heterocycles. The van der Waals surface area contributed by atoms with Crippen LogP contribution in [0.25, 0.3) is 0 Å². The van der Waals surface area contributed by atoms with Crippen molar-refractivity contribution in [3.8, 4) is 0 Å². The van der Waals surface area contributed by atoms with Crippen LogP contribution in [0.3, 0.4) is 0 Å². The first-order valence-electron chi connectivity index (χ1n) is 6.67. The van der Waals surface area contributed by atoms with E-state index in [2.05, 4.69) is 38.0 Å². The highest BCUT2D eigenvalue weighted by atomic mass is 32.1. The molecule has 0 atom stereocenters.